The summed E-state index contributed by atoms with van der Waals surface area (Å²) in [6, 6.07) is 7.85. The van der Waals surface area contributed by atoms with Gasteiger partial charge in [-0.2, -0.15) is 0 Å². The van der Waals surface area contributed by atoms with E-state index in [0.29, 0.717) is 35.7 Å². The number of pyridine rings is 1. The van der Waals surface area contributed by atoms with Crippen LogP contribution in [0.15, 0.2) is 46.6 Å². The molecule has 1 aromatic heterocycles. The highest BCUT2D eigenvalue weighted by atomic mass is 35.5. The van der Waals surface area contributed by atoms with E-state index in [9.17, 15) is 13.2 Å². The Morgan fingerprint density at radius 1 is 1.26 bits per heavy atom. The third-order valence-corrected chi connectivity index (χ3v) is 7.25. The molecule has 0 aliphatic heterocycles. The van der Waals surface area contributed by atoms with Crippen molar-refractivity contribution >= 4 is 50.5 Å². The molecule has 1 aliphatic rings. The first-order valence-electron chi connectivity index (χ1n) is 9.79. The summed E-state index contributed by atoms with van der Waals surface area (Å²) in [7, 11) is -3.48. The summed E-state index contributed by atoms with van der Waals surface area (Å²) < 4.78 is 23.8. The third-order valence-electron chi connectivity index (χ3n) is 5.45. The fourth-order valence-electron chi connectivity index (χ4n) is 3.77. The van der Waals surface area contributed by atoms with E-state index in [1.54, 1.807) is 24.3 Å². The number of rotatable bonds is 6. The van der Waals surface area contributed by atoms with Gasteiger partial charge in [-0.1, -0.05) is 34.4 Å². The predicted molar refractivity (Wildman–Crippen MR) is 121 cm³/mol. The molecule has 0 radical (unpaired) electrons. The smallest absolute Gasteiger partial charge is 0.233 e. The zero-order valence-corrected chi connectivity index (χ0v) is 19.2. The summed E-state index contributed by atoms with van der Waals surface area (Å²) in [6.07, 6.45) is 6.05. The van der Waals surface area contributed by atoms with Gasteiger partial charge in [0.15, 0.2) is 9.84 Å². The van der Waals surface area contributed by atoms with Crippen LogP contribution in [-0.2, 0) is 14.6 Å². The Balaban J connectivity index is 1.87. The lowest BCUT2D eigenvalue weighted by molar-refractivity contribution is -0.118. The van der Waals surface area contributed by atoms with Gasteiger partial charge in [0, 0.05) is 12.5 Å². The Labute approximate surface area is 191 Å². The number of sulfone groups is 1. The summed E-state index contributed by atoms with van der Waals surface area (Å²) in [4.78, 5) is 17.3. The number of carbonyl (C=O) groups is 1. The molecule has 1 amide bonds. The number of nitrogens with zero attached hydrogens (tertiary/aromatic N) is 2. The SMILES string of the molecule is CS(=O)(=O)c1ccc([C@@H](CC2CCC(=NO)CC2)C(=O)Nc2ccc(Cl)cn2)cc1Cl. The van der Waals surface area contributed by atoms with Gasteiger partial charge < -0.3 is 10.5 Å². The number of amides is 1. The van der Waals surface area contributed by atoms with E-state index in [-0.39, 0.29) is 21.7 Å². The Hall–Kier alpha value is -2.16. The molecular weight excluding hydrogens is 461 g/mol. The van der Waals surface area contributed by atoms with Crippen LogP contribution in [-0.4, -0.2) is 36.5 Å². The number of aromatic nitrogens is 1. The summed E-state index contributed by atoms with van der Waals surface area (Å²) in [6.45, 7) is 0. The Bertz CT molecular complexity index is 1080. The number of benzene rings is 1. The molecule has 1 aliphatic carbocycles. The number of hydrogen-bond donors (Lipinski definition) is 2. The lowest BCUT2D eigenvalue weighted by Gasteiger charge is -2.27. The molecule has 1 fully saturated rings. The fraction of sp³-hybridized carbons (Fsp3) is 0.381. The maximum atomic E-state index is 13.2. The van der Waals surface area contributed by atoms with Crippen molar-refractivity contribution in [1.82, 2.24) is 4.98 Å². The van der Waals surface area contributed by atoms with Gasteiger partial charge >= 0.3 is 0 Å². The quantitative estimate of drug-likeness (QED) is 0.447. The van der Waals surface area contributed by atoms with E-state index in [2.05, 4.69) is 15.5 Å². The first-order valence-corrected chi connectivity index (χ1v) is 12.4. The summed E-state index contributed by atoms with van der Waals surface area (Å²) >= 11 is 12.1. The minimum atomic E-state index is -3.48. The van der Waals surface area contributed by atoms with Crippen LogP contribution in [0.1, 0.15) is 43.6 Å². The van der Waals surface area contributed by atoms with Crippen LogP contribution in [0, 0.1) is 5.92 Å². The lowest BCUT2D eigenvalue weighted by Crippen LogP contribution is -2.26. The van der Waals surface area contributed by atoms with Crippen molar-refractivity contribution in [3.8, 4) is 0 Å². The van der Waals surface area contributed by atoms with Crippen molar-refractivity contribution in [3.63, 3.8) is 0 Å². The van der Waals surface area contributed by atoms with Crippen LogP contribution >= 0.6 is 23.2 Å². The zero-order chi connectivity index (χ0) is 22.6. The Kier molecular flexibility index (Phi) is 7.56. The van der Waals surface area contributed by atoms with Crippen LogP contribution in [0.5, 0.6) is 0 Å². The minimum Gasteiger partial charge on any atom is -0.411 e. The van der Waals surface area contributed by atoms with E-state index in [1.807, 2.05) is 0 Å². The standard InChI is InChI=1S/C21H23Cl2N3O4S/c1-31(29,30)19-8-4-14(11-18(19)23)17(10-13-2-6-16(26-28)7-3-13)21(27)25-20-9-5-15(22)12-24-20/h4-5,8-9,11-13,17,28H,2-3,6-7,10H2,1H3,(H,24,25,27)/t13?,17-/m1/s1. The van der Waals surface area contributed by atoms with Gasteiger partial charge in [-0.3, -0.25) is 4.79 Å². The van der Waals surface area contributed by atoms with Gasteiger partial charge in [0.25, 0.3) is 0 Å². The van der Waals surface area contributed by atoms with Gasteiger partial charge in [-0.15, -0.1) is 0 Å². The average molecular weight is 484 g/mol. The second-order valence-electron chi connectivity index (χ2n) is 7.71. The zero-order valence-electron chi connectivity index (χ0n) is 16.9. The molecule has 0 spiro atoms. The average Bonchev–Trinajstić information content (AvgIpc) is 2.73. The molecule has 2 aromatic rings. The number of oxime groups is 1. The maximum Gasteiger partial charge on any atom is 0.233 e. The van der Waals surface area contributed by atoms with Crippen molar-refractivity contribution in [2.45, 2.75) is 42.9 Å². The first kappa shape index (κ1) is 23.5. The second kappa shape index (κ2) is 9.97. The molecule has 7 nitrogen and oxygen atoms in total. The molecule has 31 heavy (non-hydrogen) atoms. The first-order chi connectivity index (χ1) is 14.7. The number of hydrogen-bond acceptors (Lipinski definition) is 6. The Morgan fingerprint density at radius 3 is 2.52 bits per heavy atom. The molecule has 0 bridgehead atoms. The molecule has 166 valence electrons. The largest absolute Gasteiger partial charge is 0.411 e. The van der Waals surface area contributed by atoms with E-state index >= 15 is 0 Å². The fourth-order valence-corrected chi connectivity index (χ4v) is 5.22. The predicted octanol–water partition coefficient (Wildman–Crippen LogP) is 4.92. The monoisotopic (exact) mass is 483 g/mol. The molecule has 1 atom stereocenters. The molecule has 3 rings (SSSR count). The highest BCUT2D eigenvalue weighted by Gasteiger charge is 2.28. The van der Waals surface area contributed by atoms with Crippen LogP contribution < -0.4 is 5.32 Å². The van der Waals surface area contributed by atoms with Crippen molar-refractivity contribution in [2.75, 3.05) is 11.6 Å². The number of anilines is 1. The number of halogens is 2. The molecule has 0 saturated heterocycles. The molecule has 1 heterocycles. The van der Waals surface area contributed by atoms with Crippen LogP contribution in [0.3, 0.4) is 0 Å². The molecule has 1 saturated carbocycles. The van der Waals surface area contributed by atoms with Gasteiger partial charge in [-0.05, 0) is 67.9 Å². The van der Waals surface area contributed by atoms with Crippen molar-refractivity contribution < 1.29 is 18.4 Å². The normalized spacial score (nSPS) is 17.8. The van der Waals surface area contributed by atoms with E-state index in [4.69, 9.17) is 28.4 Å². The molecule has 2 N–H and O–H groups in total. The third kappa shape index (κ3) is 6.18. The van der Waals surface area contributed by atoms with Crippen molar-refractivity contribution in [3.05, 3.63) is 52.1 Å². The number of nitrogens with one attached hydrogen (secondary N) is 1. The van der Waals surface area contributed by atoms with Crippen molar-refractivity contribution in [1.29, 1.82) is 0 Å². The lowest BCUT2D eigenvalue weighted by atomic mass is 9.79. The second-order valence-corrected chi connectivity index (χ2v) is 10.5. The van der Waals surface area contributed by atoms with Crippen LogP contribution in [0.25, 0.3) is 0 Å². The highest BCUT2D eigenvalue weighted by Crippen LogP contribution is 2.35. The van der Waals surface area contributed by atoms with E-state index < -0.39 is 15.8 Å². The van der Waals surface area contributed by atoms with Crippen LogP contribution in [0.4, 0.5) is 5.82 Å². The molecule has 10 heteroatoms. The maximum absolute atomic E-state index is 13.2. The van der Waals surface area contributed by atoms with E-state index in [0.717, 1.165) is 24.8 Å². The molecule has 1 aromatic carbocycles. The minimum absolute atomic E-state index is 0.0258. The van der Waals surface area contributed by atoms with Gasteiger partial charge in [-0.25, -0.2) is 13.4 Å². The van der Waals surface area contributed by atoms with Crippen molar-refractivity contribution in [2.24, 2.45) is 11.1 Å². The topological polar surface area (TPSA) is 109 Å². The summed E-state index contributed by atoms with van der Waals surface area (Å²) in [5, 5.41) is 15.6. The van der Waals surface area contributed by atoms with Gasteiger partial charge in [0.05, 0.1) is 26.6 Å². The number of carbonyl (C=O) groups excluding carboxylic acids is 1. The van der Waals surface area contributed by atoms with Gasteiger partial charge in [0.1, 0.15) is 5.82 Å². The highest BCUT2D eigenvalue weighted by molar-refractivity contribution is 7.90. The molecule has 0 unspecified atom stereocenters. The Morgan fingerprint density at radius 2 is 1.97 bits per heavy atom. The summed E-state index contributed by atoms with van der Waals surface area (Å²) in [5.41, 5.74) is 1.40. The summed E-state index contributed by atoms with van der Waals surface area (Å²) in [5.74, 6) is -0.204. The van der Waals surface area contributed by atoms with Gasteiger partial charge in [0.2, 0.25) is 5.91 Å². The van der Waals surface area contributed by atoms with Crippen LogP contribution in [0.2, 0.25) is 10.0 Å². The van der Waals surface area contributed by atoms with E-state index in [1.165, 1.54) is 12.3 Å². The molecular formula is C21H23Cl2N3O4S.